The molecule has 0 aliphatic heterocycles. The fourth-order valence-electron chi connectivity index (χ4n) is 1.16. The van der Waals surface area contributed by atoms with E-state index < -0.39 is 24.9 Å². The summed E-state index contributed by atoms with van der Waals surface area (Å²) in [6.07, 6.45) is -3.94. The molecule has 1 aliphatic carbocycles. The van der Waals surface area contributed by atoms with Crippen LogP contribution < -0.4 is 5.32 Å². The topological polar surface area (TPSA) is 29.1 Å². The minimum absolute atomic E-state index is 0.0462. The molecule has 1 aliphatic rings. The van der Waals surface area contributed by atoms with Gasteiger partial charge in [-0.05, 0) is 12.8 Å². The third-order valence-electron chi connectivity index (χ3n) is 2.54. The number of nitrogens with one attached hydrogen (secondary N) is 1. The third-order valence-corrected chi connectivity index (χ3v) is 3.10. The molecule has 88 valence electrons. The monoisotopic (exact) mass is 243 g/mol. The zero-order chi connectivity index (χ0) is 11.5. The summed E-state index contributed by atoms with van der Waals surface area (Å²) in [5, 5.41) is 2.49. The van der Waals surface area contributed by atoms with Crippen LogP contribution >= 0.6 is 11.6 Å². The predicted octanol–water partition coefficient (Wildman–Crippen LogP) is 2.46. The Morgan fingerprint density at radius 2 is 2.00 bits per heavy atom. The Morgan fingerprint density at radius 3 is 2.40 bits per heavy atom. The molecule has 6 heteroatoms. The van der Waals surface area contributed by atoms with Crippen molar-refractivity contribution >= 4 is 17.5 Å². The van der Waals surface area contributed by atoms with E-state index in [2.05, 4.69) is 5.32 Å². The smallest absolute Gasteiger partial charge is 0.355 e. The van der Waals surface area contributed by atoms with Gasteiger partial charge in [0.25, 0.3) is 0 Å². The normalized spacial score (nSPS) is 18.7. The first-order valence-electron chi connectivity index (χ1n) is 4.76. The molecule has 0 atom stereocenters. The molecule has 0 aromatic heterocycles. The first-order valence-corrected chi connectivity index (χ1v) is 5.30. The maximum atomic E-state index is 11.8. The Hall–Kier alpha value is -0.450. The van der Waals surface area contributed by atoms with Gasteiger partial charge in [-0.3, -0.25) is 4.79 Å². The molecule has 0 unspecified atom stereocenters. The van der Waals surface area contributed by atoms with E-state index in [1.165, 1.54) is 0 Å². The van der Waals surface area contributed by atoms with E-state index >= 15 is 0 Å². The van der Waals surface area contributed by atoms with Gasteiger partial charge >= 0.3 is 6.18 Å². The lowest BCUT2D eigenvalue weighted by Crippen LogP contribution is -2.31. The fraction of sp³-hybridized carbons (Fsp3) is 0.889. The molecule has 0 spiro atoms. The average Bonchev–Trinajstić information content (AvgIpc) is 2.91. The second kappa shape index (κ2) is 4.60. The number of carbonyl (C=O) groups is 1. The predicted molar refractivity (Wildman–Crippen MR) is 50.7 cm³/mol. The lowest BCUT2D eigenvalue weighted by molar-refractivity contribution is -0.144. The number of rotatable bonds is 5. The largest absolute Gasteiger partial charge is 0.389 e. The fourth-order valence-corrected chi connectivity index (χ4v) is 1.53. The molecule has 0 heterocycles. The number of halogens is 4. The molecule has 1 saturated carbocycles. The molecule has 0 saturated heterocycles. The summed E-state index contributed by atoms with van der Waals surface area (Å²) in [7, 11) is 0. The van der Waals surface area contributed by atoms with Crippen molar-refractivity contribution in [2.75, 3.05) is 12.4 Å². The van der Waals surface area contributed by atoms with Gasteiger partial charge in [0.1, 0.15) is 0 Å². The summed E-state index contributed by atoms with van der Waals surface area (Å²) >= 11 is 5.66. The lowest BCUT2D eigenvalue weighted by atomic mass is 10.1. The van der Waals surface area contributed by atoms with Crippen LogP contribution in [0.15, 0.2) is 0 Å². The lowest BCUT2D eigenvalue weighted by Gasteiger charge is -2.12. The Balaban J connectivity index is 2.14. The van der Waals surface area contributed by atoms with Gasteiger partial charge in [-0.15, -0.1) is 11.6 Å². The van der Waals surface area contributed by atoms with Crippen LogP contribution in [0.4, 0.5) is 13.2 Å². The van der Waals surface area contributed by atoms with Gasteiger partial charge in [-0.25, -0.2) is 0 Å². The number of alkyl halides is 4. The van der Waals surface area contributed by atoms with Gasteiger partial charge in [0.2, 0.25) is 5.91 Å². The Morgan fingerprint density at radius 1 is 1.40 bits per heavy atom. The van der Waals surface area contributed by atoms with E-state index in [0.29, 0.717) is 12.4 Å². The van der Waals surface area contributed by atoms with Gasteiger partial charge in [0.05, 0.1) is 6.42 Å². The quantitative estimate of drug-likeness (QED) is 0.739. The Labute approximate surface area is 91.2 Å². The van der Waals surface area contributed by atoms with Crippen molar-refractivity contribution in [3.8, 4) is 0 Å². The number of hydrogen-bond donors (Lipinski definition) is 1. The summed E-state index contributed by atoms with van der Waals surface area (Å²) in [5.74, 6) is -0.101. The van der Waals surface area contributed by atoms with Crippen molar-refractivity contribution in [2.45, 2.75) is 31.9 Å². The van der Waals surface area contributed by atoms with Gasteiger partial charge in [-0.1, -0.05) is 0 Å². The van der Waals surface area contributed by atoms with Crippen LogP contribution in [-0.4, -0.2) is 24.5 Å². The van der Waals surface area contributed by atoms with Crippen molar-refractivity contribution in [1.82, 2.24) is 5.32 Å². The molecule has 15 heavy (non-hydrogen) atoms. The van der Waals surface area contributed by atoms with Crippen molar-refractivity contribution in [3.05, 3.63) is 0 Å². The minimum atomic E-state index is -4.26. The number of carbonyl (C=O) groups excluding carboxylic acids is 1. The van der Waals surface area contributed by atoms with E-state index in [1.807, 2.05) is 0 Å². The van der Waals surface area contributed by atoms with Crippen molar-refractivity contribution < 1.29 is 18.0 Å². The highest BCUT2D eigenvalue weighted by molar-refractivity contribution is 6.18. The van der Waals surface area contributed by atoms with Crippen molar-refractivity contribution in [1.29, 1.82) is 0 Å². The second-order valence-electron chi connectivity index (χ2n) is 4.03. The van der Waals surface area contributed by atoms with E-state index in [0.717, 1.165) is 12.8 Å². The zero-order valence-corrected chi connectivity index (χ0v) is 8.92. The summed E-state index contributed by atoms with van der Waals surface area (Å²) < 4.78 is 35.3. The highest BCUT2D eigenvalue weighted by Crippen LogP contribution is 2.45. The Bertz CT molecular complexity index is 238. The highest BCUT2D eigenvalue weighted by atomic mass is 35.5. The summed E-state index contributed by atoms with van der Waals surface area (Å²) in [6, 6.07) is 0. The van der Waals surface area contributed by atoms with E-state index in [4.69, 9.17) is 11.6 Å². The first-order chi connectivity index (χ1) is 6.87. The maximum absolute atomic E-state index is 11.8. The van der Waals surface area contributed by atoms with E-state index in [9.17, 15) is 18.0 Å². The molecule has 1 fully saturated rings. The second-order valence-corrected chi connectivity index (χ2v) is 4.29. The SMILES string of the molecule is O=C(CCC(F)(F)F)NCC1(CCl)CC1. The molecule has 2 nitrogen and oxygen atoms in total. The molecule has 0 bridgehead atoms. The number of amides is 1. The van der Waals surface area contributed by atoms with E-state index in [1.54, 1.807) is 0 Å². The number of hydrogen-bond acceptors (Lipinski definition) is 1. The van der Waals surface area contributed by atoms with Crippen LogP contribution in [0.2, 0.25) is 0 Å². The zero-order valence-electron chi connectivity index (χ0n) is 8.16. The van der Waals surface area contributed by atoms with E-state index in [-0.39, 0.29) is 5.41 Å². The van der Waals surface area contributed by atoms with Gasteiger partial charge in [-0.2, -0.15) is 13.2 Å². The minimum Gasteiger partial charge on any atom is -0.355 e. The molecule has 1 amide bonds. The van der Waals surface area contributed by atoms with Crippen LogP contribution in [0.5, 0.6) is 0 Å². The van der Waals surface area contributed by atoms with Crippen molar-refractivity contribution in [3.63, 3.8) is 0 Å². The van der Waals surface area contributed by atoms with Gasteiger partial charge < -0.3 is 5.32 Å². The molecule has 0 aromatic carbocycles. The third kappa shape index (κ3) is 4.73. The van der Waals surface area contributed by atoms with Crippen LogP contribution in [0.3, 0.4) is 0 Å². The van der Waals surface area contributed by atoms with Crippen LogP contribution in [0.25, 0.3) is 0 Å². The molecule has 0 radical (unpaired) electrons. The van der Waals surface area contributed by atoms with Gasteiger partial charge in [0, 0.05) is 24.3 Å². The van der Waals surface area contributed by atoms with Crippen molar-refractivity contribution in [2.24, 2.45) is 5.41 Å². The average molecular weight is 244 g/mol. The molecule has 1 rings (SSSR count). The summed E-state index contributed by atoms with van der Waals surface area (Å²) in [4.78, 5) is 11.0. The van der Waals surface area contributed by atoms with Gasteiger partial charge in [0.15, 0.2) is 0 Å². The molecule has 1 N–H and O–H groups in total. The highest BCUT2D eigenvalue weighted by Gasteiger charge is 2.41. The maximum Gasteiger partial charge on any atom is 0.389 e. The van der Waals surface area contributed by atoms with Crippen LogP contribution in [-0.2, 0) is 4.79 Å². The summed E-state index contributed by atoms with van der Waals surface area (Å²) in [6.45, 7) is 0.396. The summed E-state index contributed by atoms with van der Waals surface area (Å²) in [5.41, 5.74) is -0.0462. The Kier molecular flexibility index (Phi) is 3.87. The van der Waals surface area contributed by atoms with Crippen LogP contribution in [0, 0.1) is 5.41 Å². The van der Waals surface area contributed by atoms with Crippen LogP contribution in [0.1, 0.15) is 25.7 Å². The first kappa shape index (κ1) is 12.6. The molecule has 0 aromatic rings. The molecular weight excluding hydrogens is 231 g/mol. The molecular formula is C9H13ClF3NO. The standard InChI is InChI=1S/C9H13ClF3NO/c10-5-8(3-4-8)6-14-7(15)1-2-9(11,12)13/h1-6H2,(H,14,15).